The predicted octanol–water partition coefficient (Wildman–Crippen LogP) is 25.3. The fourth-order valence-corrected chi connectivity index (χ4v) is 18.3. The zero-order valence-corrected chi connectivity index (χ0v) is 62.8. The van der Waals surface area contributed by atoms with E-state index in [2.05, 4.69) is 355 Å². The second kappa shape index (κ2) is 31.8. The number of anilines is 4. The van der Waals surface area contributed by atoms with Crippen molar-refractivity contribution < 1.29 is 9.15 Å². The first kappa shape index (κ1) is 70.2. The number of allylic oxidation sites excluding steroid dienone is 10. The molecule has 0 spiro atoms. The van der Waals surface area contributed by atoms with Crippen LogP contribution in [0.25, 0.3) is 32.7 Å². The Labute approximate surface area is 615 Å². The number of para-hydroxylation sites is 4. The zero-order chi connectivity index (χ0) is 71.1. The highest BCUT2D eigenvalue weighted by Gasteiger charge is 2.34. The lowest BCUT2D eigenvalue weighted by Gasteiger charge is -2.39. The van der Waals surface area contributed by atoms with Crippen molar-refractivity contribution in [2.75, 3.05) is 36.0 Å². The molecule has 0 heterocycles. The van der Waals surface area contributed by atoms with Crippen LogP contribution in [-0.4, -0.2) is 46.8 Å². The Kier molecular flexibility index (Phi) is 21.6. The van der Waals surface area contributed by atoms with Crippen LogP contribution in [0, 0.1) is 63.2 Å². The highest BCUT2D eigenvalue weighted by molar-refractivity contribution is 6.08. The molecule has 4 heteroatoms. The molecule has 103 heavy (non-hydrogen) atoms. The summed E-state index contributed by atoms with van der Waals surface area (Å²) in [5.74, 6) is 4.34. The van der Waals surface area contributed by atoms with Crippen molar-refractivity contribution in [3.63, 3.8) is 0 Å². The summed E-state index contributed by atoms with van der Waals surface area (Å²) in [4.78, 5) is 4.87. The Morgan fingerprint density at radius 3 is 1.06 bits per heavy atom. The van der Waals surface area contributed by atoms with Gasteiger partial charge in [0.1, 0.15) is 13.1 Å². The molecule has 4 aliphatic rings. The van der Waals surface area contributed by atoms with Crippen molar-refractivity contribution in [2.45, 2.75) is 127 Å². The SMILES string of the molecule is CCN(c1ccc(C(=C2C=CC(=[N+](CC)c3ccccc3C)C=C2)c2ccc(CC3CCC(CC4CCC(Cc5ccc(C(=C6C=CC(=[N+](CC)c7ccccc7C)C=C6)c6ccc(N(CC)c7ccccc7C)cc6)c6ccccc56)C(C)C4)CC3C)c3ccccc23)cc1)c1ccccc1C. The first-order valence-electron chi connectivity index (χ1n) is 38.9. The Bertz CT molecular complexity index is 4650. The third kappa shape index (κ3) is 14.9. The minimum Gasteiger partial charge on any atom is -0.342 e. The van der Waals surface area contributed by atoms with Crippen molar-refractivity contribution in [3.8, 4) is 0 Å². The standard InChI is InChI=1S/C99H106N4/c1-11-100(94-35-23-15-27-68(94)5)84-53-43-76(44-54-84)98(77-45-55-85(56-46-77)101(12-2)95-36-24-16-28-69(95)6)92-61-51-82(88-31-19-21-33-90(88)92)66-80-41-39-74(63-72(80)9)65-75-40-42-81(73(10)64-75)67-83-52-62-93(91-34-22-20-32-89(83)91)99(78-47-57-86(58-48-78)102(13-3)96-37-25-17-29-70(96)7)79-49-59-87(60-50-79)103(14-4)97-38-26-18-30-71(97)8/h15-38,43-62,72-75,80-81H,11-14,39-42,63-67H2,1-10H3/q+2. The maximum absolute atomic E-state index is 2.59. The van der Waals surface area contributed by atoms with Gasteiger partial charge in [0.2, 0.25) is 22.8 Å². The lowest BCUT2D eigenvalue weighted by atomic mass is 9.66. The molecular formula is C99H106N4+2. The van der Waals surface area contributed by atoms with Crippen LogP contribution in [0.15, 0.2) is 278 Å². The molecule has 14 rings (SSSR count). The summed E-state index contributed by atoms with van der Waals surface area (Å²) in [6, 6.07) is 82.3. The van der Waals surface area contributed by atoms with Gasteiger partial charge in [-0.3, -0.25) is 0 Å². The van der Waals surface area contributed by atoms with E-state index >= 15 is 0 Å². The third-order valence-electron chi connectivity index (χ3n) is 23.9. The first-order chi connectivity index (χ1) is 50.4. The van der Waals surface area contributed by atoms with Gasteiger partial charge < -0.3 is 9.80 Å². The fourth-order valence-electron chi connectivity index (χ4n) is 18.3. The van der Waals surface area contributed by atoms with E-state index in [9.17, 15) is 0 Å². The van der Waals surface area contributed by atoms with Crippen molar-refractivity contribution in [2.24, 2.45) is 35.5 Å². The second-order valence-corrected chi connectivity index (χ2v) is 30.2. The van der Waals surface area contributed by atoms with Gasteiger partial charge in [-0.25, -0.2) is 0 Å². The Morgan fingerprint density at radius 1 is 0.359 bits per heavy atom. The summed E-state index contributed by atoms with van der Waals surface area (Å²) in [5.41, 5.74) is 28.0. The molecule has 0 bridgehead atoms. The minimum absolute atomic E-state index is 0.673. The molecule has 6 unspecified atom stereocenters. The van der Waals surface area contributed by atoms with Crippen molar-refractivity contribution >= 4 is 78.2 Å². The Morgan fingerprint density at radius 2 is 0.709 bits per heavy atom. The summed E-state index contributed by atoms with van der Waals surface area (Å²) in [6.07, 6.45) is 30.4. The average molecular weight is 1350 g/mol. The number of hydrogen-bond donors (Lipinski definition) is 0. The van der Waals surface area contributed by atoms with Crippen LogP contribution >= 0.6 is 0 Å². The maximum Gasteiger partial charge on any atom is 0.208 e. The summed E-state index contributed by atoms with van der Waals surface area (Å²) in [7, 11) is 0. The average Bonchev–Trinajstić information content (AvgIpc) is 0.767. The van der Waals surface area contributed by atoms with Gasteiger partial charge in [-0.2, -0.15) is 9.15 Å². The smallest absolute Gasteiger partial charge is 0.208 e. The number of rotatable bonds is 20. The van der Waals surface area contributed by atoms with Crippen LogP contribution in [0.2, 0.25) is 0 Å². The molecule has 10 aromatic rings. The molecule has 6 atom stereocenters. The van der Waals surface area contributed by atoms with Gasteiger partial charge in [0.25, 0.3) is 0 Å². The second-order valence-electron chi connectivity index (χ2n) is 30.2. The van der Waals surface area contributed by atoms with Crippen molar-refractivity contribution in [3.05, 3.63) is 334 Å². The highest BCUT2D eigenvalue weighted by atomic mass is 15.1. The third-order valence-corrected chi connectivity index (χ3v) is 23.9. The number of hydrogen-bond acceptors (Lipinski definition) is 2. The van der Waals surface area contributed by atoms with Gasteiger partial charge in [-0.05, 0) is 285 Å². The van der Waals surface area contributed by atoms with Crippen LogP contribution < -0.4 is 9.80 Å². The van der Waals surface area contributed by atoms with E-state index in [4.69, 9.17) is 0 Å². The lowest BCUT2D eigenvalue weighted by Crippen LogP contribution is -2.29. The maximum atomic E-state index is 2.59. The van der Waals surface area contributed by atoms with E-state index < -0.39 is 0 Å². The monoisotopic (exact) mass is 1350 g/mol. The molecule has 2 saturated carbocycles. The number of nitrogens with zero attached hydrogens (tertiary/aromatic N) is 4. The van der Waals surface area contributed by atoms with Gasteiger partial charge >= 0.3 is 0 Å². The molecule has 0 radical (unpaired) electrons. The minimum atomic E-state index is 0.673. The van der Waals surface area contributed by atoms with Crippen LogP contribution in [0.4, 0.5) is 34.1 Å². The molecular weight excluding hydrogens is 1250 g/mol. The number of aryl methyl sites for hydroxylation is 4. The van der Waals surface area contributed by atoms with Gasteiger partial charge in [-0.15, -0.1) is 0 Å². The zero-order valence-electron chi connectivity index (χ0n) is 62.8. The summed E-state index contributed by atoms with van der Waals surface area (Å²) < 4.78 is 4.87. The molecule has 10 aromatic carbocycles. The first-order valence-corrected chi connectivity index (χ1v) is 38.9. The largest absolute Gasteiger partial charge is 0.342 e. The molecule has 520 valence electrons. The van der Waals surface area contributed by atoms with E-state index in [1.165, 1.54) is 190 Å². The van der Waals surface area contributed by atoms with E-state index in [0.29, 0.717) is 23.7 Å². The van der Waals surface area contributed by atoms with Gasteiger partial charge in [-0.1, -0.05) is 197 Å². The molecule has 0 amide bonds. The summed E-state index contributed by atoms with van der Waals surface area (Å²) >= 11 is 0. The van der Waals surface area contributed by atoms with E-state index in [1.807, 2.05) is 0 Å². The predicted molar refractivity (Wildman–Crippen MR) is 442 cm³/mol. The van der Waals surface area contributed by atoms with Crippen LogP contribution in [0.3, 0.4) is 0 Å². The van der Waals surface area contributed by atoms with Crippen LogP contribution in [0.1, 0.15) is 142 Å². The topological polar surface area (TPSA) is 12.5 Å². The van der Waals surface area contributed by atoms with Crippen LogP contribution in [-0.2, 0) is 12.8 Å². The summed E-state index contributed by atoms with van der Waals surface area (Å²) in [6.45, 7) is 26.6. The molecule has 0 aromatic heterocycles. The Balaban J connectivity index is 0.675. The lowest BCUT2D eigenvalue weighted by molar-refractivity contribution is -0.435. The molecule has 0 N–H and O–H groups in total. The molecule has 4 nitrogen and oxygen atoms in total. The highest BCUT2D eigenvalue weighted by Crippen LogP contribution is 2.47. The van der Waals surface area contributed by atoms with Gasteiger partial charge in [0.15, 0.2) is 0 Å². The normalized spacial score (nSPS) is 18.8. The van der Waals surface area contributed by atoms with Crippen molar-refractivity contribution in [1.82, 2.24) is 0 Å². The quantitative estimate of drug-likeness (QED) is 0.0705. The number of fused-ring (bicyclic) bond motifs is 2. The van der Waals surface area contributed by atoms with E-state index in [0.717, 1.165) is 50.9 Å². The van der Waals surface area contributed by atoms with Crippen LogP contribution in [0.5, 0.6) is 0 Å². The summed E-state index contributed by atoms with van der Waals surface area (Å²) in [5, 5.41) is 5.46. The van der Waals surface area contributed by atoms with Gasteiger partial charge in [0.05, 0.1) is 0 Å². The number of benzene rings is 10. The van der Waals surface area contributed by atoms with Gasteiger partial charge in [0, 0.05) is 83.4 Å². The molecule has 4 aliphatic carbocycles. The van der Waals surface area contributed by atoms with Crippen molar-refractivity contribution in [1.29, 1.82) is 0 Å². The fraction of sp³-hybridized carbons (Fsp3) is 0.293. The van der Waals surface area contributed by atoms with E-state index in [-0.39, 0.29) is 0 Å². The molecule has 2 fully saturated rings. The molecule has 0 saturated heterocycles. The molecule has 0 aliphatic heterocycles. The van der Waals surface area contributed by atoms with E-state index in [1.54, 1.807) is 0 Å². The Hall–Kier alpha value is -9.90.